The third-order valence-electron chi connectivity index (χ3n) is 4.08. The molecule has 0 bridgehead atoms. The molecule has 0 aliphatic carbocycles. The Hall–Kier alpha value is -3.33. The summed E-state index contributed by atoms with van der Waals surface area (Å²) in [5.74, 6) is 0.345. The van der Waals surface area contributed by atoms with Gasteiger partial charge in [-0.05, 0) is 50.2 Å². The molecule has 1 heterocycles. The predicted molar refractivity (Wildman–Crippen MR) is 112 cm³/mol. The van der Waals surface area contributed by atoms with Crippen molar-refractivity contribution in [2.45, 2.75) is 26.0 Å². The van der Waals surface area contributed by atoms with Gasteiger partial charge in [0.1, 0.15) is 17.5 Å². The Balaban J connectivity index is 1.47. The van der Waals surface area contributed by atoms with Crippen molar-refractivity contribution in [3.63, 3.8) is 0 Å². The number of hydrazine groups is 1. The van der Waals surface area contributed by atoms with E-state index in [0.29, 0.717) is 16.6 Å². The van der Waals surface area contributed by atoms with Gasteiger partial charge in [-0.25, -0.2) is 4.98 Å². The van der Waals surface area contributed by atoms with Crippen LogP contribution in [0.3, 0.4) is 0 Å². The number of carbonyl (C=O) groups is 2. The van der Waals surface area contributed by atoms with Gasteiger partial charge in [-0.1, -0.05) is 23.5 Å². The second kappa shape index (κ2) is 9.24. The van der Waals surface area contributed by atoms with E-state index >= 15 is 0 Å². The van der Waals surface area contributed by atoms with Gasteiger partial charge in [0.25, 0.3) is 11.8 Å². The lowest BCUT2D eigenvalue weighted by atomic mass is 10.3. The van der Waals surface area contributed by atoms with E-state index in [2.05, 4.69) is 21.2 Å². The van der Waals surface area contributed by atoms with Crippen LogP contribution in [-0.4, -0.2) is 36.1 Å². The molecule has 3 N–H and O–H groups in total. The van der Waals surface area contributed by atoms with Crippen molar-refractivity contribution in [3.8, 4) is 11.5 Å². The third kappa shape index (κ3) is 5.35. The van der Waals surface area contributed by atoms with Crippen molar-refractivity contribution < 1.29 is 19.1 Å². The number of anilines is 1. The molecule has 8 nitrogen and oxygen atoms in total. The van der Waals surface area contributed by atoms with Crippen molar-refractivity contribution >= 4 is 38.5 Å². The van der Waals surface area contributed by atoms with E-state index in [4.69, 9.17) is 9.47 Å². The molecule has 2 amide bonds. The summed E-state index contributed by atoms with van der Waals surface area (Å²) >= 11 is 1.46. The molecule has 0 spiro atoms. The molecule has 2 aromatic carbocycles. The Morgan fingerprint density at radius 2 is 1.62 bits per heavy atom. The molecule has 0 saturated heterocycles. The van der Waals surface area contributed by atoms with Gasteiger partial charge in [0.05, 0.1) is 17.3 Å². The van der Waals surface area contributed by atoms with Crippen LogP contribution in [0.4, 0.5) is 5.13 Å². The number of methoxy groups -OCH3 is 1. The SMILES string of the molecule is COc1ccc(O[C@@H](C)C(=O)NNC(=O)[C@H](C)Nc2nc3ccccc3s2)cc1. The lowest BCUT2D eigenvalue weighted by molar-refractivity contribution is -0.132. The third-order valence-corrected chi connectivity index (χ3v) is 5.05. The van der Waals surface area contributed by atoms with Crippen LogP contribution in [0.25, 0.3) is 10.2 Å². The summed E-state index contributed by atoms with van der Waals surface area (Å²) in [6.45, 7) is 3.28. The monoisotopic (exact) mass is 414 g/mol. The number of rotatable bonds is 7. The summed E-state index contributed by atoms with van der Waals surface area (Å²) < 4.78 is 11.7. The Labute approximate surface area is 172 Å². The lowest BCUT2D eigenvalue weighted by Gasteiger charge is -2.17. The van der Waals surface area contributed by atoms with Gasteiger partial charge in [-0.15, -0.1) is 0 Å². The highest BCUT2D eigenvalue weighted by atomic mass is 32.1. The number of hydrogen-bond acceptors (Lipinski definition) is 7. The molecule has 0 radical (unpaired) electrons. The highest BCUT2D eigenvalue weighted by Gasteiger charge is 2.19. The Bertz CT molecular complexity index is 957. The van der Waals surface area contributed by atoms with Crippen LogP contribution in [-0.2, 0) is 9.59 Å². The zero-order valence-corrected chi connectivity index (χ0v) is 17.1. The summed E-state index contributed by atoms with van der Waals surface area (Å²) in [6, 6.07) is 14.0. The first-order valence-electron chi connectivity index (χ1n) is 8.99. The number of nitrogens with zero attached hydrogens (tertiary/aromatic N) is 1. The van der Waals surface area contributed by atoms with E-state index in [9.17, 15) is 9.59 Å². The number of hydrogen-bond donors (Lipinski definition) is 3. The van der Waals surface area contributed by atoms with Gasteiger partial charge >= 0.3 is 0 Å². The van der Waals surface area contributed by atoms with E-state index in [0.717, 1.165) is 10.2 Å². The minimum Gasteiger partial charge on any atom is -0.497 e. The highest BCUT2D eigenvalue weighted by molar-refractivity contribution is 7.22. The van der Waals surface area contributed by atoms with Crippen LogP contribution in [0, 0.1) is 0 Å². The maximum atomic E-state index is 12.3. The molecule has 0 fully saturated rings. The first kappa shape index (κ1) is 20.4. The van der Waals surface area contributed by atoms with Crippen molar-refractivity contribution in [2.75, 3.05) is 12.4 Å². The number of carbonyl (C=O) groups excluding carboxylic acids is 2. The zero-order valence-electron chi connectivity index (χ0n) is 16.3. The van der Waals surface area contributed by atoms with Crippen LogP contribution in [0.1, 0.15) is 13.8 Å². The number of aromatic nitrogens is 1. The molecular formula is C20H22N4O4S. The molecular weight excluding hydrogens is 392 g/mol. The molecule has 29 heavy (non-hydrogen) atoms. The Morgan fingerprint density at radius 3 is 2.31 bits per heavy atom. The summed E-state index contributed by atoms with van der Waals surface area (Å²) in [6.07, 6.45) is -0.795. The molecule has 3 aromatic rings. The normalized spacial score (nSPS) is 12.7. The smallest absolute Gasteiger partial charge is 0.279 e. The van der Waals surface area contributed by atoms with Crippen LogP contribution in [0.15, 0.2) is 48.5 Å². The first-order chi connectivity index (χ1) is 14.0. The average Bonchev–Trinajstić information content (AvgIpc) is 3.14. The highest BCUT2D eigenvalue weighted by Crippen LogP contribution is 2.25. The van der Waals surface area contributed by atoms with E-state index in [1.165, 1.54) is 11.3 Å². The summed E-state index contributed by atoms with van der Waals surface area (Å²) in [4.78, 5) is 28.8. The van der Waals surface area contributed by atoms with Gasteiger partial charge in [-0.2, -0.15) is 0 Å². The number of thiazole rings is 1. The molecule has 0 unspecified atom stereocenters. The minimum atomic E-state index is -0.795. The van der Waals surface area contributed by atoms with Gasteiger partial charge < -0.3 is 14.8 Å². The van der Waals surface area contributed by atoms with E-state index in [1.54, 1.807) is 45.2 Å². The summed E-state index contributed by atoms with van der Waals surface area (Å²) in [5.41, 5.74) is 5.64. The van der Waals surface area contributed by atoms with Gasteiger partial charge in [-0.3, -0.25) is 20.4 Å². The minimum absolute atomic E-state index is 0.394. The van der Waals surface area contributed by atoms with E-state index in [-0.39, 0.29) is 0 Å². The van der Waals surface area contributed by atoms with Gasteiger partial charge in [0.15, 0.2) is 11.2 Å². The van der Waals surface area contributed by atoms with Gasteiger partial charge in [0, 0.05) is 0 Å². The summed E-state index contributed by atoms with van der Waals surface area (Å²) in [7, 11) is 1.57. The zero-order chi connectivity index (χ0) is 20.8. The Morgan fingerprint density at radius 1 is 0.966 bits per heavy atom. The number of ether oxygens (including phenoxy) is 2. The summed E-state index contributed by atoms with van der Waals surface area (Å²) in [5, 5.41) is 3.67. The molecule has 3 rings (SSSR count). The maximum absolute atomic E-state index is 12.3. The number of benzene rings is 2. The number of fused-ring (bicyclic) bond motifs is 1. The molecule has 2 atom stereocenters. The second-order valence-electron chi connectivity index (χ2n) is 6.27. The fourth-order valence-electron chi connectivity index (χ4n) is 2.43. The Kier molecular flexibility index (Phi) is 6.50. The van der Waals surface area contributed by atoms with E-state index < -0.39 is 24.0 Å². The second-order valence-corrected chi connectivity index (χ2v) is 7.30. The standard InChI is InChI=1S/C20H22N4O4S/c1-12(21-20-22-16-6-4-5-7-17(16)29-20)18(25)23-24-19(26)13(2)28-15-10-8-14(27-3)9-11-15/h4-13H,1-3H3,(H,21,22)(H,23,25)(H,24,26)/t12-,13-/m0/s1. The van der Waals surface area contributed by atoms with Crippen LogP contribution in [0.2, 0.25) is 0 Å². The van der Waals surface area contributed by atoms with E-state index in [1.807, 2.05) is 24.3 Å². The molecule has 152 valence electrons. The largest absolute Gasteiger partial charge is 0.497 e. The molecule has 1 aromatic heterocycles. The molecule has 0 saturated carbocycles. The van der Waals surface area contributed by atoms with Crippen molar-refractivity contribution in [1.82, 2.24) is 15.8 Å². The van der Waals surface area contributed by atoms with Crippen LogP contribution < -0.4 is 25.6 Å². The quantitative estimate of drug-likeness (QED) is 0.514. The van der Waals surface area contributed by atoms with Crippen molar-refractivity contribution in [1.29, 1.82) is 0 Å². The number of para-hydroxylation sites is 1. The van der Waals surface area contributed by atoms with Crippen molar-refractivity contribution in [2.24, 2.45) is 0 Å². The first-order valence-corrected chi connectivity index (χ1v) is 9.80. The van der Waals surface area contributed by atoms with Crippen LogP contribution in [0.5, 0.6) is 11.5 Å². The fourth-order valence-corrected chi connectivity index (χ4v) is 3.38. The van der Waals surface area contributed by atoms with Gasteiger partial charge in [0.2, 0.25) is 0 Å². The molecule has 9 heteroatoms. The van der Waals surface area contributed by atoms with Crippen LogP contribution >= 0.6 is 11.3 Å². The lowest BCUT2D eigenvalue weighted by Crippen LogP contribution is -2.51. The number of nitrogens with one attached hydrogen (secondary N) is 3. The molecule has 0 aliphatic heterocycles. The predicted octanol–water partition coefficient (Wildman–Crippen LogP) is 2.72. The average molecular weight is 414 g/mol. The molecule has 0 aliphatic rings. The topological polar surface area (TPSA) is 102 Å². The van der Waals surface area contributed by atoms with Crippen molar-refractivity contribution in [3.05, 3.63) is 48.5 Å². The number of amides is 2. The maximum Gasteiger partial charge on any atom is 0.279 e. The fraction of sp³-hybridized carbons (Fsp3) is 0.250.